The van der Waals surface area contributed by atoms with Crippen molar-refractivity contribution < 1.29 is 10.2 Å². The summed E-state index contributed by atoms with van der Waals surface area (Å²) in [4.78, 5) is 0. The summed E-state index contributed by atoms with van der Waals surface area (Å²) in [7, 11) is 0. The fraction of sp³-hybridized carbons (Fsp3) is 0.111. The van der Waals surface area contributed by atoms with Crippen LogP contribution in [0.4, 0.5) is 0 Å². The van der Waals surface area contributed by atoms with Crippen LogP contribution in [-0.2, 0) is 0 Å². The summed E-state index contributed by atoms with van der Waals surface area (Å²) < 4.78 is 0. The lowest BCUT2D eigenvalue weighted by atomic mass is 10.1. The molecule has 11 heavy (non-hydrogen) atoms. The van der Waals surface area contributed by atoms with Gasteiger partial charge in [-0.1, -0.05) is 30.3 Å². The SMILES string of the molecule is OC=C(CO)c1ccccc1. The number of hydrogen-bond donors (Lipinski definition) is 2. The number of aliphatic hydroxyl groups excluding tert-OH is 2. The fourth-order valence-electron chi connectivity index (χ4n) is 0.859. The van der Waals surface area contributed by atoms with Gasteiger partial charge in [0.05, 0.1) is 12.9 Å². The molecule has 0 aromatic heterocycles. The summed E-state index contributed by atoms with van der Waals surface area (Å²) in [5, 5.41) is 17.4. The van der Waals surface area contributed by atoms with Crippen molar-refractivity contribution in [1.82, 2.24) is 0 Å². The van der Waals surface area contributed by atoms with E-state index in [1.165, 1.54) is 0 Å². The highest BCUT2D eigenvalue weighted by Gasteiger charge is 1.96. The van der Waals surface area contributed by atoms with Gasteiger partial charge in [-0.2, -0.15) is 0 Å². The van der Waals surface area contributed by atoms with Crippen LogP contribution in [0, 0.1) is 0 Å². The van der Waals surface area contributed by atoms with Gasteiger partial charge in [-0.25, -0.2) is 0 Å². The van der Waals surface area contributed by atoms with E-state index in [4.69, 9.17) is 10.2 Å². The minimum atomic E-state index is -0.138. The highest BCUT2D eigenvalue weighted by Crippen LogP contribution is 2.11. The lowest BCUT2D eigenvalue weighted by Crippen LogP contribution is -1.89. The molecular weight excluding hydrogens is 140 g/mol. The van der Waals surface area contributed by atoms with Crippen LogP contribution in [0.5, 0.6) is 0 Å². The largest absolute Gasteiger partial charge is 0.515 e. The van der Waals surface area contributed by atoms with Crippen LogP contribution < -0.4 is 0 Å². The molecule has 0 bridgehead atoms. The summed E-state index contributed by atoms with van der Waals surface area (Å²) in [5.74, 6) is 0. The average Bonchev–Trinajstić information content (AvgIpc) is 2.09. The number of benzene rings is 1. The van der Waals surface area contributed by atoms with E-state index < -0.39 is 0 Å². The van der Waals surface area contributed by atoms with Crippen molar-refractivity contribution in [1.29, 1.82) is 0 Å². The second kappa shape index (κ2) is 3.78. The van der Waals surface area contributed by atoms with Gasteiger partial charge in [-0.05, 0) is 5.56 Å². The molecule has 0 aliphatic heterocycles. The Morgan fingerprint density at radius 3 is 2.36 bits per heavy atom. The van der Waals surface area contributed by atoms with Crippen LogP contribution in [0.2, 0.25) is 0 Å². The smallest absolute Gasteiger partial charge is 0.0852 e. The average molecular weight is 150 g/mol. The normalized spacial score (nSPS) is 11.5. The lowest BCUT2D eigenvalue weighted by Gasteiger charge is -2.00. The molecule has 0 aliphatic rings. The zero-order chi connectivity index (χ0) is 8.10. The summed E-state index contributed by atoms with van der Waals surface area (Å²) >= 11 is 0. The van der Waals surface area contributed by atoms with Crippen LogP contribution in [0.15, 0.2) is 36.6 Å². The summed E-state index contributed by atoms with van der Waals surface area (Å²) in [6, 6.07) is 9.26. The monoisotopic (exact) mass is 150 g/mol. The van der Waals surface area contributed by atoms with E-state index in [0.29, 0.717) is 5.57 Å². The Kier molecular flexibility index (Phi) is 2.69. The second-order valence-corrected chi connectivity index (χ2v) is 2.18. The molecule has 1 rings (SSSR count). The van der Waals surface area contributed by atoms with Gasteiger partial charge in [-0.15, -0.1) is 0 Å². The molecule has 2 N–H and O–H groups in total. The zero-order valence-electron chi connectivity index (χ0n) is 6.07. The minimum Gasteiger partial charge on any atom is -0.515 e. The zero-order valence-corrected chi connectivity index (χ0v) is 6.07. The van der Waals surface area contributed by atoms with Crippen molar-refractivity contribution in [2.75, 3.05) is 6.61 Å². The Hall–Kier alpha value is -1.28. The third-order valence-corrected chi connectivity index (χ3v) is 1.47. The van der Waals surface area contributed by atoms with Crippen molar-refractivity contribution in [3.8, 4) is 0 Å². The van der Waals surface area contributed by atoms with Gasteiger partial charge in [0, 0.05) is 5.57 Å². The van der Waals surface area contributed by atoms with Crippen LogP contribution in [-0.4, -0.2) is 16.8 Å². The molecule has 2 nitrogen and oxygen atoms in total. The van der Waals surface area contributed by atoms with E-state index in [1.54, 1.807) is 0 Å². The predicted octanol–water partition coefficient (Wildman–Crippen LogP) is 1.58. The highest BCUT2D eigenvalue weighted by molar-refractivity contribution is 5.64. The molecule has 0 fully saturated rings. The first-order chi connectivity index (χ1) is 5.38. The molecule has 0 saturated carbocycles. The van der Waals surface area contributed by atoms with E-state index in [1.807, 2.05) is 30.3 Å². The van der Waals surface area contributed by atoms with Crippen LogP contribution in [0.25, 0.3) is 5.57 Å². The molecule has 0 saturated heterocycles. The number of rotatable bonds is 2. The maximum atomic E-state index is 8.75. The predicted molar refractivity (Wildman–Crippen MR) is 44.1 cm³/mol. The number of aliphatic hydroxyl groups is 2. The summed E-state index contributed by atoms with van der Waals surface area (Å²) in [6.45, 7) is -0.138. The van der Waals surface area contributed by atoms with E-state index >= 15 is 0 Å². The van der Waals surface area contributed by atoms with Gasteiger partial charge in [0.2, 0.25) is 0 Å². The van der Waals surface area contributed by atoms with Gasteiger partial charge >= 0.3 is 0 Å². The first-order valence-corrected chi connectivity index (χ1v) is 3.38. The maximum absolute atomic E-state index is 8.75. The van der Waals surface area contributed by atoms with Crippen molar-refractivity contribution in [3.63, 3.8) is 0 Å². The van der Waals surface area contributed by atoms with Crippen molar-refractivity contribution in [3.05, 3.63) is 42.2 Å². The lowest BCUT2D eigenvalue weighted by molar-refractivity contribution is 0.345. The van der Waals surface area contributed by atoms with E-state index in [9.17, 15) is 0 Å². The Labute approximate surface area is 65.4 Å². The third kappa shape index (κ3) is 1.82. The molecule has 0 aliphatic carbocycles. The molecular formula is C9H10O2. The molecule has 0 unspecified atom stereocenters. The van der Waals surface area contributed by atoms with Crippen molar-refractivity contribution in [2.24, 2.45) is 0 Å². The van der Waals surface area contributed by atoms with E-state index in [2.05, 4.69) is 0 Å². The molecule has 0 amide bonds. The molecule has 58 valence electrons. The van der Waals surface area contributed by atoms with Crippen molar-refractivity contribution in [2.45, 2.75) is 0 Å². The molecule has 2 heteroatoms. The minimum absolute atomic E-state index is 0.138. The maximum Gasteiger partial charge on any atom is 0.0852 e. The fourth-order valence-corrected chi connectivity index (χ4v) is 0.859. The Morgan fingerprint density at radius 2 is 1.91 bits per heavy atom. The van der Waals surface area contributed by atoms with Gasteiger partial charge in [0.15, 0.2) is 0 Å². The summed E-state index contributed by atoms with van der Waals surface area (Å²) in [6.07, 6.45) is 0.926. The highest BCUT2D eigenvalue weighted by atomic mass is 16.3. The Bertz CT molecular complexity index is 239. The molecule has 0 heterocycles. The second-order valence-electron chi connectivity index (χ2n) is 2.18. The molecule has 1 aromatic carbocycles. The molecule has 0 spiro atoms. The number of hydrogen-bond acceptors (Lipinski definition) is 2. The Balaban J connectivity index is 2.92. The first-order valence-electron chi connectivity index (χ1n) is 3.38. The van der Waals surface area contributed by atoms with Gasteiger partial charge in [0.25, 0.3) is 0 Å². The molecule has 0 atom stereocenters. The van der Waals surface area contributed by atoms with Gasteiger partial charge in [-0.3, -0.25) is 0 Å². The Morgan fingerprint density at radius 1 is 1.27 bits per heavy atom. The molecule has 1 aromatic rings. The van der Waals surface area contributed by atoms with Crippen LogP contribution in [0.3, 0.4) is 0 Å². The van der Waals surface area contributed by atoms with Crippen molar-refractivity contribution >= 4 is 5.57 Å². The van der Waals surface area contributed by atoms with Crippen LogP contribution in [0.1, 0.15) is 5.56 Å². The quantitative estimate of drug-likeness (QED) is 0.628. The van der Waals surface area contributed by atoms with Crippen LogP contribution >= 0.6 is 0 Å². The summed E-state index contributed by atoms with van der Waals surface area (Å²) in [5.41, 5.74) is 1.38. The topological polar surface area (TPSA) is 40.5 Å². The molecule has 0 radical (unpaired) electrons. The van der Waals surface area contributed by atoms with E-state index in [-0.39, 0.29) is 6.61 Å². The third-order valence-electron chi connectivity index (χ3n) is 1.47. The van der Waals surface area contributed by atoms with E-state index in [0.717, 1.165) is 11.8 Å². The standard InChI is InChI=1S/C9H10O2/c10-6-9(7-11)8-4-2-1-3-5-8/h1-6,10-11H,7H2. The van der Waals surface area contributed by atoms with Gasteiger partial charge < -0.3 is 10.2 Å². The van der Waals surface area contributed by atoms with Gasteiger partial charge in [0.1, 0.15) is 0 Å². The first kappa shape index (κ1) is 7.82.